The van der Waals surface area contributed by atoms with Crippen LogP contribution in [0.5, 0.6) is 0 Å². The molecule has 4 heteroatoms. The summed E-state index contributed by atoms with van der Waals surface area (Å²) in [6, 6.07) is 6.05. The standard InChI is InChI=1S/C11H10ClIN2/c12-9-4-3-8-5-10(13)15(11(8)14-9)6-7-1-2-7/h3-5,7H,1-2,6H2. The lowest BCUT2D eigenvalue weighted by Crippen LogP contribution is -2.02. The van der Waals surface area contributed by atoms with Crippen LogP contribution in [0.1, 0.15) is 12.8 Å². The van der Waals surface area contributed by atoms with Crippen molar-refractivity contribution in [1.29, 1.82) is 0 Å². The van der Waals surface area contributed by atoms with Gasteiger partial charge in [-0.15, -0.1) is 0 Å². The monoisotopic (exact) mass is 332 g/mol. The predicted octanol–water partition coefficient (Wildman–Crippen LogP) is 3.70. The van der Waals surface area contributed by atoms with Crippen LogP contribution in [-0.4, -0.2) is 9.55 Å². The highest BCUT2D eigenvalue weighted by Crippen LogP contribution is 2.33. The first-order valence-electron chi connectivity index (χ1n) is 5.05. The summed E-state index contributed by atoms with van der Waals surface area (Å²) >= 11 is 8.29. The highest BCUT2D eigenvalue weighted by atomic mass is 127. The fourth-order valence-electron chi connectivity index (χ4n) is 1.80. The molecule has 0 aromatic carbocycles. The first kappa shape index (κ1) is 9.90. The third-order valence-corrected chi connectivity index (χ3v) is 3.90. The van der Waals surface area contributed by atoms with Gasteiger partial charge in [0.05, 0.1) is 3.70 Å². The quantitative estimate of drug-likeness (QED) is 0.605. The number of halogens is 2. The van der Waals surface area contributed by atoms with Gasteiger partial charge in [-0.05, 0) is 59.5 Å². The maximum absolute atomic E-state index is 5.93. The van der Waals surface area contributed by atoms with Crippen molar-refractivity contribution in [2.75, 3.05) is 0 Å². The van der Waals surface area contributed by atoms with E-state index in [9.17, 15) is 0 Å². The number of nitrogens with zero attached hydrogens (tertiary/aromatic N) is 2. The van der Waals surface area contributed by atoms with E-state index in [0.717, 1.165) is 18.1 Å². The lowest BCUT2D eigenvalue weighted by molar-refractivity contribution is 0.631. The van der Waals surface area contributed by atoms with Crippen molar-refractivity contribution in [3.8, 4) is 0 Å². The Morgan fingerprint density at radius 1 is 1.47 bits per heavy atom. The van der Waals surface area contributed by atoms with Crippen molar-refractivity contribution < 1.29 is 0 Å². The molecular weight excluding hydrogens is 322 g/mol. The van der Waals surface area contributed by atoms with E-state index < -0.39 is 0 Å². The Hall–Kier alpha value is -0.290. The molecule has 0 spiro atoms. The third-order valence-electron chi connectivity index (χ3n) is 2.80. The smallest absolute Gasteiger partial charge is 0.142 e. The van der Waals surface area contributed by atoms with Crippen molar-refractivity contribution in [2.24, 2.45) is 5.92 Å². The molecule has 0 bridgehead atoms. The summed E-state index contributed by atoms with van der Waals surface area (Å²) in [7, 11) is 0. The van der Waals surface area contributed by atoms with Gasteiger partial charge >= 0.3 is 0 Å². The molecule has 1 aliphatic carbocycles. The van der Waals surface area contributed by atoms with Gasteiger partial charge in [0.15, 0.2) is 0 Å². The summed E-state index contributed by atoms with van der Waals surface area (Å²) in [5.74, 6) is 0.856. The van der Waals surface area contributed by atoms with Gasteiger partial charge in [-0.1, -0.05) is 11.6 Å². The molecular formula is C11H10ClIN2. The summed E-state index contributed by atoms with van der Waals surface area (Å²) in [6.45, 7) is 1.09. The Morgan fingerprint density at radius 3 is 3.00 bits per heavy atom. The van der Waals surface area contributed by atoms with E-state index in [4.69, 9.17) is 11.6 Å². The van der Waals surface area contributed by atoms with Gasteiger partial charge < -0.3 is 4.57 Å². The van der Waals surface area contributed by atoms with Crippen LogP contribution in [0.3, 0.4) is 0 Å². The van der Waals surface area contributed by atoms with Gasteiger partial charge in [-0.25, -0.2) is 4.98 Å². The SMILES string of the molecule is Clc1ccc2cc(I)n(CC3CC3)c2n1. The fraction of sp³-hybridized carbons (Fsp3) is 0.364. The molecule has 0 unspecified atom stereocenters. The maximum Gasteiger partial charge on any atom is 0.142 e. The normalized spacial score (nSPS) is 16.1. The molecule has 3 rings (SSSR count). The molecule has 2 aromatic rings. The van der Waals surface area contributed by atoms with Crippen LogP contribution in [0.25, 0.3) is 11.0 Å². The molecule has 78 valence electrons. The number of hydrogen-bond acceptors (Lipinski definition) is 1. The topological polar surface area (TPSA) is 17.8 Å². The van der Waals surface area contributed by atoms with Gasteiger partial charge in [-0.3, -0.25) is 0 Å². The molecule has 1 aliphatic rings. The highest BCUT2D eigenvalue weighted by Gasteiger charge is 2.23. The Labute approximate surface area is 107 Å². The second kappa shape index (κ2) is 3.63. The largest absolute Gasteiger partial charge is 0.320 e. The molecule has 0 radical (unpaired) electrons. The fourth-order valence-corrected chi connectivity index (χ4v) is 2.71. The summed E-state index contributed by atoms with van der Waals surface area (Å²) < 4.78 is 3.53. The lowest BCUT2D eigenvalue weighted by atomic mass is 10.3. The van der Waals surface area contributed by atoms with E-state index in [1.807, 2.05) is 12.1 Å². The summed E-state index contributed by atoms with van der Waals surface area (Å²) in [6.07, 6.45) is 2.71. The van der Waals surface area contributed by atoms with E-state index >= 15 is 0 Å². The molecule has 15 heavy (non-hydrogen) atoms. The zero-order valence-electron chi connectivity index (χ0n) is 8.08. The van der Waals surface area contributed by atoms with E-state index in [1.165, 1.54) is 21.9 Å². The second-order valence-electron chi connectivity index (χ2n) is 4.07. The lowest BCUT2D eigenvalue weighted by Gasteiger charge is -2.04. The van der Waals surface area contributed by atoms with Crippen molar-refractivity contribution in [3.05, 3.63) is 27.1 Å². The number of hydrogen-bond donors (Lipinski definition) is 0. The number of fused-ring (bicyclic) bond motifs is 1. The van der Waals surface area contributed by atoms with Crippen LogP contribution in [0, 0.1) is 9.62 Å². The maximum atomic E-state index is 5.93. The van der Waals surface area contributed by atoms with Crippen LogP contribution in [-0.2, 0) is 6.54 Å². The molecule has 0 N–H and O–H groups in total. The average Bonchev–Trinajstić information content (AvgIpc) is 2.96. The minimum atomic E-state index is 0.578. The molecule has 1 fully saturated rings. The van der Waals surface area contributed by atoms with Crippen LogP contribution in [0.2, 0.25) is 5.15 Å². The van der Waals surface area contributed by atoms with Crippen molar-refractivity contribution >= 4 is 45.2 Å². The zero-order valence-corrected chi connectivity index (χ0v) is 11.0. The highest BCUT2D eigenvalue weighted by molar-refractivity contribution is 14.1. The molecule has 0 atom stereocenters. The van der Waals surface area contributed by atoms with Gasteiger partial charge in [0.2, 0.25) is 0 Å². The van der Waals surface area contributed by atoms with E-state index in [0.29, 0.717) is 5.15 Å². The summed E-state index contributed by atoms with van der Waals surface area (Å²) in [5, 5.41) is 1.76. The number of aromatic nitrogens is 2. The van der Waals surface area contributed by atoms with Crippen molar-refractivity contribution in [1.82, 2.24) is 9.55 Å². The van der Waals surface area contributed by atoms with Crippen LogP contribution < -0.4 is 0 Å². The van der Waals surface area contributed by atoms with Gasteiger partial charge in [0.1, 0.15) is 10.8 Å². The molecule has 1 saturated carbocycles. The average molecular weight is 333 g/mol. The molecule has 2 aromatic heterocycles. The number of rotatable bonds is 2. The summed E-state index contributed by atoms with van der Waals surface area (Å²) in [4.78, 5) is 4.40. The van der Waals surface area contributed by atoms with E-state index in [1.54, 1.807) is 0 Å². The third kappa shape index (κ3) is 1.87. The van der Waals surface area contributed by atoms with Crippen molar-refractivity contribution in [3.63, 3.8) is 0 Å². The second-order valence-corrected chi connectivity index (χ2v) is 5.56. The van der Waals surface area contributed by atoms with Crippen molar-refractivity contribution in [2.45, 2.75) is 19.4 Å². The van der Waals surface area contributed by atoms with Gasteiger partial charge in [0, 0.05) is 11.9 Å². The Bertz CT molecular complexity index is 517. The van der Waals surface area contributed by atoms with E-state index in [2.05, 4.69) is 38.2 Å². The van der Waals surface area contributed by atoms with Crippen LogP contribution >= 0.6 is 34.2 Å². The van der Waals surface area contributed by atoms with Crippen LogP contribution in [0.4, 0.5) is 0 Å². The Morgan fingerprint density at radius 2 is 2.27 bits per heavy atom. The minimum absolute atomic E-state index is 0.578. The molecule has 0 aliphatic heterocycles. The van der Waals surface area contributed by atoms with Gasteiger partial charge in [-0.2, -0.15) is 0 Å². The van der Waals surface area contributed by atoms with E-state index in [-0.39, 0.29) is 0 Å². The first-order valence-corrected chi connectivity index (χ1v) is 6.51. The molecule has 2 nitrogen and oxygen atoms in total. The molecule has 0 saturated heterocycles. The van der Waals surface area contributed by atoms with Gasteiger partial charge in [0.25, 0.3) is 0 Å². The minimum Gasteiger partial charge on any atom is -0.320 e. The predicted molar refractivity (Wildman–Crippen MR) is 70.2 cm³/mol. The number of pyridine rings is 1. The van der Waals surface area contributed by atoms with Crippen LogP contribution in [0.15, 0.2) is 18.2 Å². The molecule has 2 heterocycles. The zero-order chi connectivity index (χ0) is 10.4. The molecule has 0 amide bonds. The Kier molecular flexibility index (Phi) is 2.39. The summed E-state index contributed by atoms with van der Waals surface area (Å²) in [5.41, 5.74) is 1.03. The Balaban J connectivity index is 2.15. The first-order chi connectivity index (χ1) is 7.24.